The Labute approximate surface area is 165 Å². The zero-order chi connectivity index (χ0) is 19.5. The van der Waals surface area contributed by atoms with Crippen LogP contribution in [0.15, 0.2) is 52.9 Å². The van der Waals surface area contributed by atoms with Gasteiger partial charge in [-0.2, -0.15) is 5.26 Å². The number of hydrogen-bond donors (Lipinski definition) is 0. The Kier molecular flexibility index (Phi) is 5.09. The van der Waals surface area contributed by atoms with Crippen LogP contribution in [-0.4, -0.2) is 42.3 Å². The molecule has 28 heavy (non-hydrogen) atoms. The predicted octanol–water partition coefficient (Wildman–Crippen LogP) is 3.66. The lowest BCUT2D eigenvalue weighted by atomic mass is 10.1. The molecular formula is C22H23N5O. The standard InChI is InChI=1S/C22H23N5O/c1-26(2)20-9-7-18(8-10-20)21-24-25-22(28-21)19-11-12-27(15-19)14-17-5-3-16(13-23)4-6-17/h3-10,19H,11-12,14-15H2,1-2H3. The van der Waals surface area contributed by atoms with Crippen molar-refractivity contribution in [2.45, 2.75) is 18.9 Å². The summed E-state index contributed by atoms with van der Waals surface area (Å²) >= 11 is 0. The smallest absolute Gasteiger partial charge is 0.247 e. The van der Waals surface area contributed by atoms with Gasteiger partial charge in [-0.15, -0.1) is 10.2 Å². The summed E-state index contributed by atoms with van der Waals surface area (Å²) < 4.78 is 5.98. The highest BCUT2D eigenvalue weighted by Gasteiger charge is 2.28. The van der Waals surface area contributed by atoms with Crippen molar-refractivity contribution in [3.05, 3.63) is 65.5 Å². The molecule has 3 aromatic rings. The van der Waals surface area contributed by atoms with Crippen molar-refractivity contribution in [2.75, 3.05) is 32.1 Å². The predicted molar refractivity (Wildman–Crippen MR) is 108 cm³/mol. The minimum atomic E-state index is 0.265. The van der Waals surface area contributed by atoms with Gasteiger partial charge in [0.25, 0.3) is 0 Å². The highest BCUT2D eigenvalue weighted by atomic mass is 16.4. The van der Waals surface area contributed by atoms with Crippen LogP contribution >= 0.6 is 0 Å². The van der Waals surface area contributed by atoms with Gasteiger partial charge in [0.2, 0.25) is 11.8 Å². The van der Waals surface area contributed by atoms with Gasteiger partial charge in [0, 0.05) is 38.4 Å². The third-order valence-corrected chi connectivity index (χ3v) is 5.18. The first-order valence-corrected chi connectivity index (χ1v) is 9.45. The summed E-state index contributed by atoms with van der Waals surface area (Å²) in [5.74, 6) is 1.56. The van der Waals surface area contributed by atoms with Gasteiger partial charge in [-0.3, -0.25) is 4.90 Å². The summed E-state index contributed by atoms with van der Waals surface area (Å²) in [6.45, 7) is 2.77. The van der Waals surface area contributed by atoms with E-state index >= 15 is 0 Å². The molecule has 1 aliphatic rings. The molecule has 0 aliphatic carbocycles. The van der Waals surface area contributed by atoms with Crippen molar-refractivity contribution < 1.29 is 4.42 Å². The molecule has 0 radical (unpaired) electrons. The molecule has 6 heteroatoms. The Morgan fingerprint density at radius 3 is 2.54 bits per heavy atom. The quantitative estimate of drug-likeness (QED) is 0.680. The number of nitrogens with zero attached hydrogens (tertiary/aromatic N) is 5. The van der Waals surface area contributed by atoms with Crippen LogP contribution in [0.5, 0.6) is 0 Å². The summed E-state index contributed by atoms with van der Waals surface area (Å²) in [5, 5.41) is 17.5. The number of likely N-dealkylation sites (tertiary alicyclic amines) is 1. The minimum Gasteiger partial charge on any atom is -0.420 e. The molecule has 0 amide bonds. The van der Waals surface area contributed by atoms with Crippen molar-refractivity contribution in [3.8, 4) is 17.5 Å². The Morgan fingerprint density at radius 2 is 1.86 bits per heavy atom. The van der Waals surface area contributed by atoms with Gasteiger partial charge >= 0.3 is 0 Å². The number of anilines is 1. The van der Waals surface area contributed by atoms with Crippen LogP contribution in [0.1, 0.15) is 29.4 Å². The molecule has 1 unspecified atom stereocenters. The van der Waals surface area contributed by atoms with Crippen LogP contribution in [0.4, 0.5) is 5.69 Å². The van der Waals surface area contributed by atoms with Gasteiger partial charge in [-0.05, 0) is 54.9 Å². The lowest BCUT2D eigenvalue weighted by Gasteiger charge is -2.15. The molecule has 142 valence electrons. The van der Waals surface area contributed by atoms with E-state index in [0.29, 0.717) is 17.3 Å². The van der Waals surface area contributed by atoms with Crippen LogP contribution in [0.25, 0.3) is 11.5 Å². The summed E-state index contributed by atoms with van der Waals surface area (Å²) in [5.41, 5.74) is 3.99. The van der Waals surface area contributed by atoms with Crippen molar-refractivity contribution in [3.63, 3.8) is 0 Å². The Balaban J connectivity index is 1.40. The fourth-order valence-electron chi connectivity index (χ4n) is 3.54. The average molecular weight is 373 g/mol. The second-order valence-corrected chi connectivity index (χ2v) is 7.42. The van der Waals surface area contributed by atoms with Gasteiger partial charge in [-0.25, -0.2) is 0 Å². The molecule has 0 N–H and O–H groups in total. The molecule has 1 saturated heterocycles. The van der Waals surface area contributed by atoms with Crippen LogP contribution in [0.3, 0.4) is 0 Å². The van der Waals surface area contributed by atoms with E-state index in [1.54, 1.807) is 0 Å². The highest BCUT2D eigenvalue weighted by molar-refractivity contribution is 5.58. The topological polar surface area (TPSA) is 69.2 Å². The van der Waals surface area contributed by atoms with Crippen molar-refractivity contribution >= 4 is 5.69 Å². The molecule has 6 nitrogen and oxygen atoms in total. The fraction of sp³-hybridized carbons (Fsp3) is 0.318. The molecule has 4 rings (SSSR count). The second kappa shape index (κ2) is 7.83. The normalized spacial score (nSPS) is 16.8. The first-order chi connectivity index (χ1) is 13.6. The Hall–Kier alpha value is -3.17. The SMILES string of the molecule is CN(C)c1ccc(-c2nnc(C3CCN(Cc4ccc(C#N)cc4)C3)o2)cc1. The van der Waals surface area contributed by atoms with E-state index < -0.39 is 0 Å². The average Bonchev–Trinajstić information content (AvgIpc) is 3.38. The summed E-state index contributed by atoms with van der Waals surface area (Å²) in [7, 11) is 4.03. The first kappa shape index (κ1) is 18.2. The second-order valence-electron chi connectivity index (χ2n) is 7.42. The monoisotopic (exact) mass is 373 g/mol. The van der Waals surface area contributed by atoms with Crippen molar-refractivity contribution in [1.29, 1.82) is 5.26 Å². The third kappa shape index (κ3) is 3.90. The number of hydrogen-bond acceptors (Lipinski definition) is 6. The summed E-state index contributed by atoms with van der Waals surface area (Å²) in [6, 6.07) is 18.1. The van der Waals surface area contributed by atoms with Crippen molar-refractivity contribution in [2.24, 2.45) is 0 Å². The first-order valence-electron chi connectivity index (χ1n) is 9.45. The molecule has 1 atom stereocenters. The zero-order valence-electron chi connectivity index (χ0n) is 16.2. The number of aromatic nitrogens is 2. The lowest BCUT2D eigenvalue weighted by molar-refractivity contribution is 0.320. The molecule has 2 heterocycles. The summed E-state index contributed by atoms with van der Waals surface area (Å²) in [4.78, 5) is 4.45. The Bertz CT molecular complexity index is 969. The molecule has 2 aromatic carbocycles. The molecular weight excluding hydrogens is 350 g/mol. The van der Waals surface area contributed by atoms with E-state index in [1.807, 2.05) is 62.6 Å². The van der Waals surface area contributed by atoms with Gasteiger partial charge in [0.05, 0.1) is 17.6 Å². The molecule has 0 saturated carbocycles. The van der Waals surface area contributed by atoms with E-state index in [9.17, 15) is 0 Å². The molecule has 1 fully saturated rings. The Morgan fingerprint density at radius 1 is 1.11 bits per heavy atom. The lowest BCUT2D eigenvalue weighted by Crippen LogP contribution is -2.19. The minimum absolute atomic E-state index is 0.265. The van der Waals surface area contributed by atoms with Gasteiger partial charge < -0.3 is 9.32 Å². The highest BCUT2D eigenvalue weighted by Crippen LogP contribution is 2.30. The van der Waals surface area contributed by atoms with E-state index in [0.717, 1.165) is 37.3 Å². The summed E-state index contributed by atoms with van der Waals surface area (Å²) in [6.07, 6.45) is 1.01. The molecule has 1 aromatic heterocycles. The van der Waals surface area contributed by atoms with Crippen LogP contribution in [0.2, 0.25) is 0 Å². The van der Waals surface area contributed by atoms with Crippen LogP contribution in [0, 0.1) is 11.3 Å². The van der Waals surface area contributed by atoms with Crippen LogP contribution < -0.4 is 4.90 Å². The van der Waals surface area contributed by atoms with E-state index in [-0.39, 0.29) is 5.92 Å². The van der Waals surface area contributed by atoms with Gasteiger partial charge in [0.15, 0.2) is 0 Å². The maximum atomic E-state index is 8.91. The third-order valence-electron chi connectivity index (χ3n) is 5.18. The number of benzene rings is 2. The molecule has 0 spiro atoms. The molecule has 1 aliphatic heterocycles. The maximum absolute atomic E-state index is 8.91. The van der Waals surface area contributed by atoms with Gasteiger partial charge in [-0.1, -0.05) is 12.1 Å². The van der Waals surface area contributed by atoms with Crippen LogP contribution in [-0.2, 0) is 6.54 Å². The number of nitriles is 1. The molecule has 0 bridgehead atoms. The largest absolute Gasteiger partial charge is 0.420 e. The van der Waals surface area contributed by atoms with Gasteiger partial charge in [0.1, 0.15) is 0 Å². The van der Waals surface area contributed by atoms with Crippen molar-refractivity contribution in [1.82, 2.24) is 15.1 Å². The zero-order valence-corrected chi connectivity index (χ0v) is 16.2. The fourth-order valence-corrected chi connectivity index (χ4v) is 3.54. The van der Waals surface area contributed by atoms with E-state index in [4.69, 9.17) is 9.68 Å². The maximum Gasteiger partial charge on any atom is 0.247 e. The van der Waals surface area contributed by atoms with E-state index in [1.165, 1.54) is 5.56 Å². The number of rotatable bonds is 5. The van der Waals surface area contributed by atoms with E-state index in [2.05, 4.69) is 26.1 Å².